The van der Waals surface area contributed by atoms with E-state index >= 15 is 0 Å². The molecule has 1 aromatic carbocycles. The summed E-state index contributed by atoms with van der Waals surface area (Å²) in [5.74, 6) is 0. The zero-order chi connectivity index (χ0) is 14.0. The minimum atomic E-state index is -4.40. The van der Waals surface area contributed by atoms with Crippen molar-refractivity contribution in [1.82, 2.24) is 4.72 Å². The quantitative estimate of drug-likeness (QED) is 0.821. The van der Waals surface area contributed by atoms with Crippen molar-refractivity contribution in [3.8, 4) is 0 Å². The molecule has 3 N–H and O–H groups in total. The van der Waals surface area contributed by atoms with Gasteiger partial charge in [0.2, 0.25) is 10.0 Å². The SMILES string of the molecule is Nc1ccc(S(=O)(=O)NCCC(F)(F)F)cc1Br. The Morgan fingerprint density at radius 3 is 2.44 bits per heavy atom. The van der Waals surface area contributed by atoms with Crippen molar-refractivity contribution >= 4 is 31.6 Å². The Labute approximate surface area is 111 Å². The summed E-state index contributed by atoms with van der Waals surface area (Å²) in [6, 6.07) is 3.80. The molecule has 0 aliphatic heterocycles. The third-order valence-electron chi connectivity index (χ3n) is 1.98. The monoisotopic (exact) mass is 346 g/mol. The number of sulfonamides is 1. The normalized spacial score (nSPS) is 12.7. The number of hydrogen-bond donors (Lipinski definition) is 2. The Morgan fingerprint density at radius 2 is 1.94 bits per heavy atom. The molecule has 0 fully saturated rings. The summed E-state index contributed by atoms with van der Waals surface area (Å²) in [5, 5.41) is 0. The van der Waals surface area contributed by atoms with Gasteiger partial charge in [0.25, 0.3) is 0 Å². The van der Waals surface area contributed by atoms with Gasteiger partial charge in [-0.3, -0.25) is 0 Å². The zero-order valence-electron chi connectivity index (χ0n) is 8.96. The van der Waals surface area contributed by atoms with Gasteiger partial charge in [-0.25, -0.2) is 13.1 Å². The third-order valence-corrected chi connectivity index (χ3v) is 4.13. The minimum absolute atomic E-state index is 0.147. The first-order valence-electron chi connectivity index (χ1n) is 4.73. The van der Waals surface area contributed by atoms with Crippen LogP contribution in [0.1, 0.15) is 6.42 Å². The average Bonchev–Trinajstić information content (AvgIpc) is 2.19. The predicted molar refractivity (Wildman–Crippen MR) is 64.4 cm³/mol. The lowest BCUT2D eigenvalue weighted by Crippen LogP contribution is -2.28. The van der Waals surface area contributed by atoms with Crippen LogP contribution in [-0.2, 0) is 10.0 Å². The summed E-state index contributed by atoms with van der Waals surface area (Å²) in [7, 11) is -3.96. The van der Waals surface area contributed by atoms with Gasteiger partial charge < -0.3 is 5.73 Å². The van der Waals surface area contributed by atoms with Gasteiger partial charge in [-0.05, 0) is 34.1 Å². The van der Waals surface area contributed by atoms with Crippen LogP contribution in [0.3, 0.4) is 0 Å². The molecular formula is C9H10BrF3N2O2S. The van der Waals surface area contributed by atoms with Crippen LogP contribution in [0.15, 0.2) is 27.6 Å². The second-order valence-electron chi connectivity index (χ2n) is 3.45. The topological polar surface area (TPSA) is 72.2 Å². The van der Waals surface area contributed by atoms with E-state index in [0.29, 0.717) is 10.2 Å². The number of nitrogens with two attached hydrogens (primary N) is 1. The Kier molecular flexibility index (Phi) is 4.62. The number of rotatable bonds is 4. The van der Waals surface area contributed by atoms with Crippen molar-refractivity contribution in [1.29, 1.82) is 0 Å². The van der Waals surface area contributed by atoms with Gasteiger partial charge >= 0.3 is 6.18 Å². The van der Waals surface area contributed by atoms with E-state index in [1.54, 1.807) is 0 Å². The number of nitrogens with one attached hydrogen (secondary N) is 1. The molecule has 4 nitrogen and oxygen atoms in total. The highest BCUT2D eigenvalue weighted by Crippen LogP contribution is 2.23. The predicted octanol–water partition coefficient (Wildman–Crippen LogP) is 2.26. The number of benzene rings is 1. The number of nitrogen functional groups attached to an aromatic ring is 1. The Balaban J connectivity index is 2.77. The Morgan fingerprint density at radius 1 is 1.33 bits per heavy atom. The fourth-order valence-electron chi connectivity index (χ4n) is 1.09. The molecule has 0 bridgehead atoms. The smallest absolute Gasteiger partial charge is 0.390 e. The lowest BCUT2D eigenvalue weighted by Gasteiger charge is -2.09. The number of halogens is 4. The van der Waals surface area contributed by atoms with E-state index in [-0.39, 0.29) is 4.90 Å². The van der Waals surface area contributed by atoms with Crippen molar-refractivity contribution in [2.24, 2.45) is 0 Å². The van der Waals surface area contributed by atoms with E-state index in [1.165, 1.54) is 18.2 Å². The molecule has 1 rings (SSSR count). The molecule has 0 spiro atoms. The van der Waals surface area contributed by atoms with Gasteiger partial charge in [-0.2, -0.15) is 13.2 Å². The third kappa shape index (κ3) is 4.46. The lowest BCUT2D eigenvalue weighted by atomic mass is 10.3. The van der Waals surface area contributed by atoms with Crippen molar-refractivity contribution in [3.05, 3.63) is 22.7 Å². The highest BCUT2D eigenvalue weighted by atomic mass is 79.9. The molecule has 18 heavy (non-hydrogen) atoms. The van der Waals surface area contributed by atoms with E-state index in [1.807, 2.05) is 4.72 Å². The van der Waals surface area contributed by atoms with Crippen molar-refractivity contribution in [2.45, 2.75) is 17.5 Å². The van der Waals surface area contributed by atoms with Crippen LogP contribution in [0.25, 0.3) is 0 Å². The van der Waals surface area contributed by atoms with Gasteiger partial charge in [0.1, 0.15) is 0 Å². The fourth-order valence-corrected chi connectivity index (χ4v) is 2.67. The first-order valence-corrected chi connectivity index (χ1v) is 7.01. The summed E-state index contributed by atoms with van der Waals surface area (Å²) in [6.07, 6.45) is -5.62. The van der Waals surface area contributed by atoms with Gasteiger partial charge in [0.05, 0.1) is 11.3 Å². The maximum atomic E-state index is 11.9. The molecule has 0 aromatic heterocycles. The van der Waals surface area contributed by atoms with Crippen LogP contribution in [0.4, 0.5) is 18.9 Å². The van der Waals surface area contributed by atoms with Crippen LogP contribution >= 0.6 is 15.9 Å². The zero-order valence-corrected chi connectivity index (χ0v) is 11.4. The van der Waals surface area contributed by atoms with Crippen molar-refractivity contribution < 1.29 is 21.6 Å². The summed E-state index contributed by atoms with van der Waals surface area (Å²) in [5.41, 5.74) is 5.82. The molecule has 0 heterocycles. The van der Waals surface area contributed by atoms with Gasteiger partial charge in [0.15, 0.2) is 0 Å². The van der Waals surface area contributed by atoms with E-state index < -0.39 is 29.2 Å². The fraction of sp³-hybridized carbons (Fsp3) is 0.333. The molecule has 0 unspecified atom stereocenters. The number of hydrogen-bond acceptors (Lipinski definition) is 3. The molecule has 0 amide bonds. The highest BCUT2D eigenvalue weighted by Gasteiger charge is 2.27. The second kappa shape index (κ2) is 5.45. The Hall–Kier alpha value is -0.800. The highest BCUT2D eigenvalue weighted by molar-refractivity contribution is 9.10. The minimum Gasteiger partial charge on any atom is -0.398 e. The summed E-state index contributed by atoms with van der Waals surface area (Å²) < 4.78 is 61.2. The molecule has 0 aliphatic rings. The summed E-state index contributed by atoms with van der Waals surface area (Å²) >= 11 is 3.04. The number of alkyl halides is 3. The van der Waals surface area contributed by atoms with Crippen LogP contribution in [0.5, 0.6) is 0 Å². The van der Waals surface area contributed by atoms with Crippen molar-refractivity contribution in [2.75, 3.05) is 12.3 Å². The molecule has 0 saturated carbocycles. The van der Waals surface area contributed by atoms with E-state index in [9.17, 15) is 21.6 Å². The molecule has 0 radical (unpaired) electrons. The molecule has 9 heteroatoms. The largest absolute Gasteiger partial charge is 0.398 e. The van der Waals surface area contributed by atoms with Gasteiger partial charge in [-0.1, -0.05) is 0 Å². The molecule has 0 aliphatic carbocycles. The molecule has 0 saturated heterocycles. The van der Waals surface area contributed by atoms with Crippen LogP contribution in [0, 0.1) is 0 Å². The van der Waals surface area contributed by atoms with Crippen LogP contribution in [0.2, 0.25) is 0 Å². The first-order chi connectivity index (χ1) is 8.12. The average molecular weight is 347 g/mol. The van der Waals surface area contributed by atoms with E-state index in [2.05, 4.69) is 15.9 Å². The molecular weight excluding hydrogens is 337 g/mol. The molecule has 1 aromatic rings. The molecule has 0 atom stereocenters. The van der Waals surface area contributed by atoms with E-state index in [0.717, 1.165) is 0 Å². The van der Waals surface area contributed by atoms with Crippen LogP contribution in [-0.4, -0.2) is 21.1 Å². The standard InChI is InChI=1S/C9H10BrF3N2O2S/c10-7-5-6(1-2-8(7)14)18(16,17)15-4-3-9(11,12)13/h1-2,5,15H,3-4,14H2. The van der Waals surface area contributed by atoms with Gasteiger partial charge in [-0.15, -0.1) is 0 Å². The maximum Gasteiger partial charge on any atom is 0.390 e. The Bertz CT molecular complexity index is 531. The lowest BCUT2D eigenvalue weighted by molar-refractivity contribution is -0.132. The summed E-state index contributed by atoms with van der Waals surface area (Å²) in [4.78, 5) is -0.147. The summed E-state index contributed by atoms with van der Waals surface area (Å²) in [6.45, 7) is -0.701. The molecule has 102 valence electrons. The number of anilines is 1. The first kappa shape index (κ1) is 15.3. The second-order valence-corrected chi connectivity index (χ2v) is 6.07. The van der Waals surface area contributed by atoms with E-state index in [4.69, 9.17) is 5.73 Å². The van der Waals surface area contributed by atoms with Crippen LogP contribution < -0.4 is 10.5 Å². The van der Waals surface area contributed by atoms with Gasteiger partial charge in [0, 0.05) is 16.7 Å². The maximum absolute atomic E-state index is 11.9. The van der Waals surface area contributed by atoms with Crippen molar-refractivity contribution in [3.63, 3.8) is 0 Å².